The number of nitrogens with zero attached hydrogens (tertiary/aromatic N) is 2. The van der Waals surface area contributed by atoms with Gasteiger partial charge in [-0.15, -0.1) is 11.3 Å². The Bertz CT molecular complexity index is 536. The summed E-state index contributed by atoms with van der Waals surface area (Å²) in [6.07, 6.45) is 3.76. The fourth-order valence-corrected chi connectivity index (χ4v) is 3.00. The van der Waals surface area contributed by atoms with E-state index in [0.29, 0.717) is 12.1 Å². The van der Waals surface area contributed by atoms with Crippen LogP contribution < -0.4 is 11.1 Å². The molecule has 3 heterocycles. The van der Waals surface area contributed by atoms with Gasteiger partial charge >= 0.3 is 0 Å². The number of hydrogen-bond acceptors (Lipinski definition) is 6. The van der Waals surface area contributed by atoms with Crippen LogP contribution in [0.5, 0.6) is 0 Å². The number of anilines is 2. The average Bonchev–Trinajstić information content (AvgIpc) is 2.98. The van der Waals surface area contributed by atoms with Gasteiger partial charge in [0.2, 0.25) is 5.95 Å². The van der Waals surface area contributed by atoms with Crippen LogP contribution in [0.3, 0.4) is 0 Å². The molecular formula is C12H16N4OS. The number of thiophene rings is 1. The second-order valence-electron chi connectivity index (χ2n) is 4.42. The number of hydrogen-bond donors (Lipinski definition) is 2. The van der Waals surface area contributed by atoms with Crippen LogP contribution in [0.4, 0.5) is 11.8 Å². The van der Waals surface area contributed by atoms with E-state index in [2.05, 4.69) is 15.3 Å². The summed E-state index contributed by atoms with van der Waals surface area (Å²) in [7, 11) is 0. The summed E-state index contributed by atoms with van der Waals surface area (Å²) < 4.78 is 5.59. The Labute approximate surface area is 109 Å². The van der Waals surface area contributed by atoms with Crippen molar-refractivity contribution in [2.75, 3.05) is 24.2 Å². The lowest BCUT2D eigenvalue weighted by Crippen LogP contribution is -2.13. The number of ether oxygens (including phenoxy) is 1. The van der Waals surface area contributed by atoms with Crippen LogP contribution >= 0.6 is 11.3 Å². The SMILES string of the molecule is Nc1nc(NCCC2CCCO2)c2ccsc2n1. The maximum atomic E-state index is 5.70. The molecule has 3 rings (SSSR count). The van der Waals surface area contributed by atoms with Gasteiger partial charge in [0, 0.05) is 13.2 Å². The van der Waals surface area contributed by atoms with E-state index >= 15 is 0 Å². The molecule has 1 saturated heterocycles. The second-order valence-corrected chi connectivity index (χ2v) is 5.31. The number of nitrogens with two attached hydrogens (primary N) is 1. The number of fused-ring (bicyclic) bond motifs is 1. The zero-order chi connectivity index (χ0) is 12.4. The van der Waals surface area contributed by atoms with Gasteiger partial charge in [-0.05, 0) is 30.7 Å². The Morgan fingerprint density at radius 1 is 1.50 bits per heavy atom. The van der Waals surface area contributed by atoms with Gasteiger partial charge in [0.05, 0.1) is 11.5 Å². The van der Waals surface area contributed by atoms with Crippen LogP contribution in [-0.2, 0) is 4.74 Å². The highest BCUT2D eigenvalue weighted by atomic mass is 32.1. The average molecular weight is 264 g/mol. The zero-order valence-corrected chi connectivity index (χ0v) is 10.9. The van der Waals surface area contributed by atoms with Crippen LogP contribution in [-0.4, -0.2) is 29.2 Å². The van der Waals surface area contributed by atoms with E-state index in [1.54, 1.807) is 11.3 Å². The largest absolute Gasteiger partial charge is 0.378 e. The van der Waals surface area contributed by atoms with Gasteiger partial charge in [0.15, 0.2) is 0 Å². The molecule has 18 heavy (non-hydrogen) atoms. The molecule has 6 heteroatoms. The molecule has 0 saturated carbocycles. The number of nitrogens with one attached hydrogen (secondary N) is 1. The first-order valence-corrected chi connectivity index (χ1v) is 7.07. The van der Waals surface area contributed by atoms with E-state index in [4.69, 9.17) is 10.5 Å². The van der Waals surface area contributed by atoms with Crippen molar-refractivity contribution in [3.05, 3.63) is 11.4 Å². The molecule has 0 aliphatic carbocycles. The molecule has 1 aliphatic rings. The summed E-state index contributed by atoms with van der Waals surface area (Å²) in [4.78, 5) is 9.39. The van der Waals surface area contributed by atoms with Crippen molar-refractivity contribution in [1.82, 2.24) is 9.97 Å². The molecule has 0 radical (unpaired) electrons. The van der Waals surface area contributed by atoms with Crippen LogP contribution in [0.1, 0.15) is 19.3 Å². The van der Waals surface area contributed by atoms with Gasteiger partial charge in [0.1, 0.15) is 10.6 Å². The van der Waals surface area contributed by atoms with Crippen molar-refractivity contribution >= 4 is 33.3 Å². The van der Waals surface area contributed by atoms with Gasteiger partial charge in [-0.2, -0.15) is 4.98 Å². The third kappa shape index (κ3) is 2.39. The van der Waals surface area contributed by atoms with E-state index in [9.17, 15) is 0 Å². The Morgan fingerprint density at radius 3 is 3.28 bits per heavy atom. The summed E-state index contributed by atoms with van der Waals surface area (Å²) >= 11 is 1.58. The fourth-order valence-electron chi connectivity index (χ4n) is 2.23. The highest BCUT2D eigenvalue weighted by molar-refractivity contribution is 7.16. The number of rotatable bonds is 4. The third-order valence-corrected chi connectivity index (χ3v) is 3.93. The molecule has 0 spiro atoms. The van der Waals surface area contributed by atoms with E-state index < -0.39 is 0 Å². The Hall–Kier alpha value is -1.40. The van der Waals surface area contributed by atoms with Crippen molar-refractivity contribution in [1.29, 1.82) is 0 Å². The van der Waals surface area contributed by atoms with Gasteiger partial charge < -0.3 is 15.8 Å². The minimum atomic E-state index is 0.324. The highest BCUT2D eigenvalue weighted by Gasteiger charge is 2.15. The lowest BCUT2D eigenvalue weighted by Gasteiger charge is -2.11. The van der Waals surface area contributed by atoms with Crippen LogP contribution in [0.25, 0.3) is 10.2 Å². The molecule has 1 atom stereocenters. The van der Waals surface area contributed by atoms with Crippen molar-refractivity contribution in [2.45, 2.75) is 25.4 Å². The molecule has 96 valence electrons. The van der Waals surface area contributed by atoms with Crippen molar-refractivity contribution in [3.63, 3.8) is 0 Å². The van der Waals surface area contributed by atoms with E-state index in [-0.39, 0.29) is 0 Å². The highest BCUT2D eigenvalue weighted by Crippen LogP contribution is 2.25. The molecule has 1 fully saturated rings. The van der Waals surface area contributed by atoms with Crippen LogP contribution in [0, 0.1) is 0 Å². The van der Waals surface area contributed by atoms with E-state index in [1.807, 2.05) is 11.4 Å². The predicted octanol–water partition coefficient (Wildman–Crippen LogP) is 2.25. The van der Waals surface area contributed by atoms with Crippen molar-refractivity contribution in [3.8, 4) is 0 Å². The quantitative estimate of drug-likeness (QED) is 0.886. The molecule has 1 unspecified atom stereocenters. The Morgan fingerprint density at radius 2 is 2.44 bits per heavy atom. The minimum absolute atomic E-state index is 0.324. The van der Waals surface area contributed by atoms with Gasteiger partial charge in [-0.3, -0.25) is 0 Å². The first-order valence-electron chi connectivity index (χ1n) is 6.19. The predicted molar refractivity (Wildman–Crippen MR) is 73.9 cm³/mol. The van der Waals surface area contributed by atoms with Gasteiger partial charge in [-0.25, -0.2) is 4.98 Å². The standard InChI is InChI=1S/C12H16N4OS/c13-12-15-10(9-4-7-18-11(9)16-12)14-5-3-8-2-1-6-17-8/h4,7-8H,1-3,5-6H2,(H3,13,14,15,16). The summed E-state index contributed by atoms with van der Waals surface area (Å²) in [6, 6.07) is 2.02. The fraction of sp³-hybridized carbons (Fsp3) is 0.500. The Balaban J connectivity index is 1.67. The molecule has 0 aromatic carbocycles. The zero-order valence-electron chi connectivity index (χ0n) is 10.1. The lowest BCUT2D eigenvalue weighted by molar-refractivity contribution is 0.107. The molecule has 5 nitrogen and oxygen atoms in total. The maximum Gasteiger partial charge on any atom is 0.223 e. The molecule has 0 amide bonds. The summed E-state index contributed by atoms with van der Waals surface area (Å²) in [5, 5.41) is 6.38. The van der Waals surface area contributed by atoms with Crippen molar-refractivity contribution < 1.29 is 4.74 Å². The van der Waals surface area contributed by atoms with E-state index in [0.717, 1.165) is 35.6 Å². The lowest BCUT2D eigenvalue weighted by atomic mass is 10.2. The first kappa shape index (κ1) is 11.7. The van der Waals surface area contributed by atoms with E-state index in [1.165, 1.54) is 12.8 Å². The Kier molecular flexibility index (Phi) is 3.29. The third-order valence-electron chi connectivity index (χ3n) is 3.13. The first-order chi connectivity index (χ1) is 8.83. The number of aromatic nitrogens is 2. The summed E-state index contributed by atoms with van der Waals surface area (Å²) in [6.45, 7) is 1.76. The summed E-state index contributed by atoms with van der Waals surface area (Å²) in [5.41, 5.74) is 5.70. The second kappa shape index (κ2) is 5.07. The number of nitrogen functional groups attached to an aromatic ring is 1. The molecule has 3 N–H and O–H groups in total. The maximum absolute atomic E-state index is 5.70. The minimum Gasteiger partial charge on any atom is -0.378 e. The van der Waals surface area contributed by atoms with Crippen molar-refractivity contribution in [2.24, 2.45) is 0 Å². The normalized spacial score (nSPS) is 19.4. The smallest absolute Gasteiger partial charge is 0.223 e. The van der Waals surface area contributed by atoms with Gasteiger partial charge in [0.25, 0.3) is 0 Å². The molecule has 2 aromatic rings. The molecular weight excluding hydrogens is 248 g/mol. The molecule has 2 aromatic heterocycles. The van der Waals surface area contributed by atoms with Gasteiger partial charge in [-0.1, -0.05) is 0 Å². The molecule has 0 bridgehead atoms. The molecule has 1 aliphatic heterocycles. The van der Waals surface area contributed by atoms with Crippen LogP contribution in [0.15, 0.2) is 11.4 Å². The monoisotopic (exact) mass is 264 g/mol. The van der Waals surface area contributed by atoms with Crippen LogP contribution in [0.2, 0.25) is 0 Å². The summed E-state index contributed by atoms with van der Waals surface area (Å²) in [5.74, 6) is 1.15. The topological polar surface area (TPSA) is 73.1 Å².